The average Bonchev–Trinajstić information content (AvgIpc) is 0. The van der Waals surface area contributed by atoms with Crippen LogP contribution in [0.25, 0.3) is 0 Å². The third kappa shape index (κ3) is 1590. The first kappa shape index (κ1) is 3970. The molecule has 7 heavy (non-hydrogen) atoms. The summed E-state index contributed by atoms with van der Waals surface area (Å²) in [5.41, 5.74) is 0. The van der Waals surface area contributed by atoms with Gasteiger partial charge in [0, 0.05) is 49.3 Å². The summed E-state index contributed by atoms with van der Waals surface area (Å²) in [6.45, 7) is 0. The van der Waals surface area contributed by atoms with E-state index in [2.05, 4.69) is 0 Å². The summed E-state index contributed by atoms with van der Waals surface area (Å²) in [6.07, 6.45) is 0. The Hall–Kier alpha value is 0.268. The van der Waals surface area contributed by atoms with Crippen LogP contribution in [0, 0.1) is 0 Å². The van der Waals surface area contributed by atoms with E-state index in [4.69, 9.17) is 0 Å². The molecule has 0 aliphatic carbocycles. The minimum atomic E-state index is 0. The molecule has 7 heteroatoms. The Balaban J connectivity index is 0. The summed E-state index contributed by atoms with van der Waals surface area (Å²) in [5, 5.41) is 0. The van der Waals surface area contributed by atoms with E-state index >= 15 is 0 Å². The second-order valence-corrected chi connectivity index (χ2v) is 0. The summed E-state index contributed by atoms with van der Waals surface area (Å²) in [5.74, 6) is 0. The molecule has 0 heterocycles. The molecular weight excluding hydrogens is 309 g/mol. The molecule has 0 aromatic heterocycles. The molecule has 0 rings (SSSR count). The van der Waals surface area contributed by atoms with Gasteiger partial charge in [0.2, 0.25) is 0 Å². The van der Waals surface area contributed by atoms with Crippen LogP contribution in [0.2, 0.25) is 0 Å². The molecule has 0 saturated heterocycles. The van der Waals surface area contributed by atoms with Crippen LogP contribution in [-0.4, -0.2) is 0 Å². The Morgan fingerprint density at radius 2 is 0.286 bits per heavy atom. The molecule has 0 aliphatic rings. The van der Waals surface area contributed by atoms with Crippen molar-refractivity contribution in [1.29, 1.82) is 0 Å². The fourth-order valence-corrected chi connectivity index (χ4v) is 0. The van der Waals surface area contributed by atoms with Crippen LogP contribution in [0.1, 0.15) is 0 Å². The zero-order chi connectivity index (χ0) is 0. The van der Waals surface area contributed by atoms with Gasteiger partial charge >= 0.3 is 0 Å². The van der Waals surface area contributed by atoms with Gasteiger partial charge in [-0.1, -0.05) is 0 Å². The Morgan fingerprint density at radius 3 is 0.286 bits per heavy atom. The second-order valence-electron chi connectivity index (χ2n) is 0. The van der Waals surface area contributed by atoms with Crippen LogP contribution in [-0.2, 0) is 21.1 Å². The van der Waals surface area contributed by atoms with Crippen molar-refractivity contribution in [2.45, 2.75) is 0 Å². The molecule has 0 N–H and O–H groups in total. The molecule has 0 bridgehead atoms. The van der Waals surface area contributed by atoms with Crippen LogP contribution in [0.5, 0.6) is 0 Å². The smallest absolute Gasteiger partial charge is 0 e. The number of hydrogen-bond acceptors (Lipinski definition) is 0. The van der Waals surface area contributed by atoms with E-state index in [9.17, 15) is 0 Å². The molecule has 0 aliphatic heterocycles. The predicted molar refractivity (Wildman–Crippen MR) is 6.65 cm³/mol. The zero-order valence-electron chi connectivity index (χ0n) is 2.58. The third-order valence-electron chi connectivity index (χ3n) is 0. The Kier molecular flexibility index (Phi) is 1370000. The molecule has 6 radical (unpaired) electrons. The number of hydrogen-bond donors (Lipinski definition) is 0. The van der Waals surface area contributed by atoms with Crippen LogP contribution in [0.15, 0.2) is 0 Å². The van der Waals surface area contributed by atoms with Crippen molar-refractivity contribution >= 4 is 0 Å². The van der Waals surface area contributed by atoms with Crippen molar-refractivity contribution < 1.29 is 49.3 Å². The summed E-state index contributed by atoms with van der Waals surface area (Å²) >= 11 is 0. The molecule has 0 atom stereocenters. The zero-order valence-corrected chi connectivity index (χ0v) is 4.86. The normalized spacial score (nSPS) is 0. The molecule has 0 saturated carbocycles. The summed E-state index contributed by atoms with van der Waals surface area (Å²) < 4.78 is 0. The fraction of sp³-hybridized carbons (Fsp3) is 0. The van der Waals surface area contributed by atoms with Gasteiger partial charge in [0.1, 0.15) is 0 Å². The van der Waals surface area contributed by atoms with E-state index in [1.165, 1.54) is 0 Å². The number of halogens is 6. The summed E-state index contributed by atoms with van der Waals surface area (Å²) in [6, 6.07) is 0. The monoisotopic (exact) mass is 309 g/mol. The maximum atomic E-state index is 0. The molecule has 0 aromatic carbocycles. The van der Waals surface area contributed by atoms with Crippen molar-refractivity contribution in [3.05, 3.63) is 0 Å². The standard InChI is InChI=1S/6F.Pt. The van der Waals surface area contributed by atoms with Gasteiger partial charge in [0.05, 0.1) is 0 Å². The molecule has 0 fully saturated rings. The van der Waals surface area contributed by atoms with Crippen LogP contribution in [0.3, 0.4) is 0 Å². The Labute approximate surface area is 50.1 Å². The van der Waals surface area contributed by atoms with E-state index in [1.807, 2.05) is 0 Å². The van der Waals surface area contributed by atoms with Gasteiger partial charge in [-0.05, 0) is 0 Å². The molecule has 0 aromatic rings. The van der Waals surface area contributed by atoms with Gasteiger partial charge in [-0.2, -0.15) is 0 Å². The van der Waals surface area contributed by atoms with E-state index in [1.54, 1.807) is 0 Å². The first-order valence-corrected chi connectivity index (χ1v) is 0. The average molecular weight is 309 g/mol. The first-order valence-electron chi connectivity index (χ1n) is 0. The number of rotatable bonds is 0. The van der Waals surface area contributed by atoms with Gasteiger partial charge < -0.3 is 0 Å². The van der Waals surface area contributed by atoms with E-state index in [0.29, 0.717) is 0 Å². The third-order valence-corrected chi connectivity index (χ3v) is 0. The fourth-order valence-electron chi connectivity index (χ4n) is 0. The minimum Gasteiger partial charge on any atom is 0 e. The van der Waals surface area contributed by atoms with Crippen molar-refractivity contribution in [1.82, 2.24) is 0 Å². The maximum Gasteiger partial charge on any atom is 0 e. The molecule has 0 spiro atoms. The Bertz CT molecular complexity index is 4.14. The van der Waals surface area contributed by atoms with Gasteiger partial charge in [0.15, 0.2) is 0 Å². The second kappa shape index (κ2) is 2420. The van der Waals surface area contributed by atoms with Gasteiger partial charge in [-0.15, -0.1) is 0 Å². The topological polar surface area (TPSA) is 0 Å². The SMILES string of the molecule is [F].[F].[F].[F].[F].[F].[Pt]. The Morgan fingerprint density at radius 1 is 0.286 bits per heavy atom. The quantitative estimate of drug-likeness (QED) is 0.603. The van der Waals surface area contributed by atoms with Gasteiger partial charge in [-0.3, -0.25) is 0 Å². The van der Waals surface area contributed by atoms with Crippen LogP contribution >= 0.6 is 0 Å². The van der Waals surface area contributed by atoms with Gasteiger partial charge in [0.25, 0.3) is 0 Å². The van der Waals surface area contributed by atoms with Crippen LogP contribution < -0.4 is 0 Å². The maximum absolute atomic E-state index is 0. The predicted octanol–water partition coefficient (Wildman–Crippen LogP) is 2.52. The summed E-state index contributed by atoms with van der Waals surface area (Å²) in [4.78, 5) is 0. The van der Waals surface area contributed by atoms with Crippen molar-refractivity contribution in [3.63, 3.8) is 0 Å². The van der Waals surface area contributed by atoms with E-state index in [-0.39, 0.29) is 49.3 Å². The van der Waals surface area contributed by atoms with E-state index in [0.717, 1.165) is 0 Å². The minimum absolute atomic E-state index is 0. The molecule has 0 amide bonds. The van der Waals surface area contributed by atoms with Crippen molar-refractivity contribution in [2.24, 2.45) is 0 Å². The molecule has 0 unspecified atom stereocenters. The van der Waals surface area contributed by atoms with Crippen LogP contribution in [0.4, 0.5) is 28.2 Å². The van der Waals surface area contributed by atoms with Crippen molar-refractivity contribution in [2.75, 3.05) is 0 Å². The summed E-state index contributed by atoms with van der Waals surface area (Å²) in [7, 11) is 0. The molecule has 52 valence electrons. The van der Waals surface area contributed by atoms with E-state index < -0.39 is 0 Å². The first-order chi connectivity index (χ1) is 0. The molecule has 0 nitrogen and oxygen atoms in total. The largest absolute Gasteiger partial charge is 0 e. The molecular formula is F6Pt. The van der Waals surface area contributed by atoms with Gasteiger partial charge in [-0.25, -0.2) is 0 Å². The van der Waals surface area contributed by atoms with Crippen molar-refractivity contribution in [3.8, 4) is 0 Å².